The number of aromatic nitrogens is 1. The van der Waals surface area contributed by atoms with E-state index in [1.165, 1.54) is 0 Å². The van der Waals surface area contributed by atoms with Crippen molar-refractivity contribution in [1.82, 2.24) is 4.98 Å². The Balaban J connectivity index is 2.28. The highest BCUT2D eigenvalue weighted by Gasteiger charge is 2.35. The zero-order valence-electron chi connectivity index (χ0n) is 9.83. The van der Waals surface area contributed by atoms with Gasteiger partial charge in [-0.15, -0.1) is 0 Å². The Labute approximate surface area is 102 Å². The highest BCUT2D eigenvalue weighted by Crippen LogP contribution is 2.30. The summed E-state index contributed by atoms with van der Waals surface area (Å²) in [5, 5.41) is 9.52. The second-order valence-corrected chi connectivity index (χ2v) is 6.98. The van der Waals surface area contributed by atoms with E-state index in [1.807, 2.05) is 6.92 Å². The molecule has 1 aliphatic rings. The second kappa shape index (κ2) is 4.74. The van der Waals surface area contributed by atoms with Crippen LogP contribution < -0.4 is 0 Å². The van der Waals surface area contributed by atoms with E-state index >= 15 is 0 Å². The summed E-state index contributed by atoms with van der Waals surface area (Å²) >= 11 is 0. The van der Waals surface area contributed by atoms with Crippen LogP contribution in [0.3, 0.4) is 0 Å². The molecule has 2 atom stereocenters. The highest BCUT2D eigenvalue weighted by molar-refractivity contribution is 7.92. The van der Waals surface area contributed by atoms with Gasteiger partial charge in [-0.25, -0.2) is 8.42 Å². The molecule has 1 N–H and O–H groups in total. The summed E-state index contributed by atoms with van der Waals surface area (Å²) in [5.41, 5.74) is 1.52. The maximum atomic E-state index is 11.9. The van der Waals surface area contributed by atoms with E-state index in [1.54, 1.807) is 18.5 Å². The average Bonchev–Trinajstić information content (AvgIpc) is 2.27. The lowest BCUT2D eigenvalue weighted by Crippen LogP contribution is -2.33. The van der Waals surface area contributed by atoms with Gasteiger partial charge in [0.1, 0.15) is 0 Å². The summed E-state index contributed by atoms with van der Waals surface area (Å²) in [5.74, 6) is 0.188. The fraction of sp³-hybridized carbons (Fsp3) is 0.583. The number of aliphatic hydroxyl groups excluding tert-OH is 1. The van der Waals surface area contributed by atoms with E-state index in [4.69, 9.17) is 0 Å². The normalized spacial score (nSPS) is 25.4. The van der Waals surface area contributed by atoms with Gasteiger partial charge in [0.15, 0.2) is 9.84 Å². The van der Waals surface area contributed by atoms with Crippen LogP contribution in [0.1, 0.15) is 36.5 Å². The molecule has 2 heterocycles. The zero-order chi connectivity index (χ0) is 12.5. The largest absolute Gasteiger partial charge is 0.387 e. The molecule has 0 aliphatic carbocycles. The van der Waals surface area contributed by atoms with Crippen LogP contribution in [-0.2, 0) is 9.84 Å². The smallest absolute Gasteiger partial charge is 0.156 e. The number of aryl methyl sites for hydroxylation is 1. The molecule has 1 saturated heterocycles. The van der Waals surface area contributed by atoms with Crippen LogP contribution >= 0.6 is 0 Å². The third kappa shape index (κ3) is 2.66. The van der Waals surface area contributed by atoms with Gasteiger partial charge < -0.3 is 5.11 Å². The molecule has 2 unspecified atom stereocenters. The highest BCUT2D eigenvalue weighted by atomic mass is 32.2. The summed E-state index contributed by atoms with van der Waals surface area (Å²) < 4.78 is 23.8. The number of pyridine rings is 1. The van der Waals surface area contributed by atoms with Gasteiger partial charge in [-0.1, -0.05) is 12.5 Å². The number of rotatable bonds is 2. The van der Waals surface area contributed by atoms with Crippen molar-refractivity contribution in [2.45, 2.75) is 37.5 Å². The van der Waals surface area contributed by atoms with Crippen molar-refractivity contribution >= 4 is 9.84 Å². The SMILES string of the molecule is Cc1cncc(C(O)C2CCCCS2(=O)=O)c1. The molecule has 1 aromatic heterocycles. The van der Waals surface area contributed by atoms with E-state index in [0.29, 0.717) is 18.4 Å². The van der Waals surface area contributed by atoms with E-state index in [-0.39, 0.29) is 5.75 Å². The second-order valence-electron chi connectivity index (χ2n) is 4.64. The first-order chi connectivity index (χ1) is 8.00. The lowest BCUT2D eigenvalue weighted by Gasteiger charge is -2.26. The van der Waals surface area contributed by atoms with E-state index in [0.717, 1.165) is 12.0 Å². The summed E-state index contributed by atoms with van der Waals surface area (Å²) in [6, 6.07) is 1.79. The Morgan fingerprint density at radius 2 is 2.18 bits per heavy atom. The van der Waals surface area contributed by atoms with Gasteiger partial charge in [-0.3, -0.25) is 4.98 Å². The van der Waals surface area contributed by atoms with E-state index < -0.39 is 21.2 Å². The molecule has 0 saturated carbocycles. The molecule has 4 nitrogen and oxygen atoms in total. The summed E-state index contributed by atoms with van der Waals surface area (Å²) in [6.07, 6.45) is 4.38. The zero-order valence-corrected chi connectivity index (χ0v) is 10.7. The van der Waals surface area contributed by atoms with Crippen LogP contribution in [0.5, 0.6) is 0 Å². The first-order valence-electron chi connectivity index (χ1n) is 5.82. The van der Waals surface area contributed by atoms with Crippen molar-refractivity contribution < 1.29 is 13.5 Å². The standard InChI is InChI=1S/C12H17NO3S/c1-9-6-10(8-13-7-9)12(14)11-4-2-3-5-17(11,15)16/h6-8,11-12,14H,2-5H2,1H3. The molecule has 0 amide bonds. The maximum absolute atomic E-state index is 11.9. The molecular weight excluding hydrogens is 238 g/mol. The molecule has 1 aliphatic heterocycles. The van der Waals surface area contributed by atoms with Crippen LogP contribution in [0.15, 0.2) is 18.5 Å². The number of hydrogen-bond donors (Lipinski definition) is 1. The first kappa shape index (κ1) is 12.5. The van der Waals surface area contributed by atoms with Gasteiger partial charge in [0, 0.05) is 18.0 Å². The Bertz CT molecular complexity index is 498. The van der Waals surface area contributed by atoms with Crippen molar-refractivity contribution in [3.63, 3.8) is 0 Å². The Morgan fingerprint density at radius 1 is 1.41 bits per heavy atom. The third-order valence-electron chi connectivity index (χ3n) is 3.22. The van der Waals surface area contributed by atoms with Gasteiger partial charge in [-0.2, -0.15) is 0 Å². The van der Waals surface area contributed by atoms with Crippen molar-refractivity contribution in [3.8, 4) is 0 Å². The van der Waals surface area contributed by atoms with E-state index in [2.05, 4.69) is 4.98 Å². The minimum absolute atomic E-state index is 0.188. The van der Waals surface area contributed by atoms with Crippen LogP contribution in [0, 0.1) is 6.92 Å². The van der Waals surface area contributed by atoms with Crippen molar-refractivity contribution in [2.24, 2.45) is 0 Å². The lowest BCUT2D eigenvalue weighted by molar-refractivity contribution is 0.164. The molecule has 94 valence electrons. The predicted octanol–water partition coefficient (Wildman–Crippen LogP) is 1.39. The van der Waals surface area contributed by atoms with Gasteiger partial charge in [-0.05, 0) is 25.3 Å². The molecule has 2 rings (SSSR count). The fourth-order valence-corrected chi connectivity index (χ4v) is 4.27. The first-order valence-corrected chi connectivity index (χ1v) is 7.53. The Hall–Kier alpha value is -0.940. The Morgan fingerprint density at radius 3 is 2.82 bits per heavy atom. The van der Waals surface area contributed by atoms with E-state index in [9.17, 15) is 13.5 Å². The number of nitrogens with zero attached hydrogens (tertiary/aromatic N) is 1. The van der Waals surface area contributed by atoms with Crippen molar-refractivity contribution in [3.05, 3.63) is 29.6 Å². The topological polar surface area (TPSA) is 67.3 Å². The van der Waals surface area contributed by atoms with Gasteiger partial charge in [0.25, 0.3) is 0 Å². The summed E-state index contributed by atoms with van der Waals surface area (Å²) in [7, 11) is -3.16. The molecule has 0 radical (unpaired) electrons. The number of aliphatic hydroxyl groups is 1. The molecular formula is C12H17NO3S. The van der Waals surface area contributed by atoms with Crippen LogP contribution in [0.2, 0.25) is 0 Å². The van der Waals surface area contributed by atoms with Gasteiger partial charge >= 0.3 is 0 Å². The minimum Gasteiger partial charge on any atom is -0.387 e. The maximum Gasteiger partial charge on any atom is 0.156 e. The predicted molar refractivity (Wildman–Crippen MR) is 65.4 cm³/mol. The van der Waals surface area contributed by atoms with Gasteiger partial charge in [0.2, 0.25) is 0 Å². The summed E-state index contributed by atoms with van der Waals surface area (Å²) in [6.45, 7) is 1.87. The third-order valence-corrected chi connectivity index (χ3v) is 5.49. The number of hydrogen-bond acceptors (Lipinski definition) is 4. The molecule has 17 heavy (non-hydrogen) atoms. The van der Waals surface area contributed by atoms with Crippen molar-refractivity contribution in [2.75, 3.05) is 5.75 Å². The molecule has 5 heteroatoms. The molecule has 0 bridgehead atoms. The Kier molecular flexibility index (Phi) is 3.49. The summed E-state index contributed by atoms with van der Waals surface area (Å²) in [4.78, 5) is 3.99. The van der Waals surface area contributed by atoms with Crippen LogP contribution in [0.4, 0.5) is 0 Å². The number of sulfone groups is 1. The molecule has 1 aromatic rings. The molecule has 0 aromatic carbocycles. The van der Waals surface area contributed by atoms with Gasteiger partial charge in [0.05, 0.1) is 17.1 Å². The van der Waals surface area contributed by atoms with Crippen LogP contribution in [0.25, 0.3) is 0 Å². The minimum atomic E-state index is -3.16. The molecule has 1 fully saturated rings. The lowest BCUT2D eigenvalue weighted by atomic mass is 10.0. The van der Waals surface area contributed by atoms with Crippen molar-refractivity contribution in [1.29, 1.82) is 0 Å². The monoisotopic (exact) mass is 255 g/mol. The van der Waals surface area contributed by atoms with Crippen LogP contribution in [-0.4, -0.2) is 29.5 Å². The molecule has 0 spiro atoms. The average molecular weight is 255 g/mol. The fourth-order valence-electron chi connectivity index (χ4n) is 2.29. The quantitative estimate of drug-likeness (QED) is 0.867.